The molecule has 0 saturated heterocycles. The third kappa shape index (κ3) is 5.06. The molecule has 0 saturated carbocycles. The summed E-state index contributed by atoms with van der Waals surface area (Å²) >= 11 is -2.31. The van der Waals surface area contributed by atoms with E-state index < -0.39 is 17.3 Å². The molecule has 14 heavy (non-hydrogen) atoms. The molecule has 0 aromatic heterocycles. The van der Waals surface area contributed by atoms with E-state index in [1.807, 2.05) is 0 Å². The topological polar surface area (TPSA) is 0 Å². The summed E-state index contributed by atoms with van der Waals surface area (Å²) in [6, 6.07) is 0. The molecule has 0 aromatic carbocycles. The number of allylic oxidation sites excluding steroid dienone is 1. The van der Waals surface area contributed by atoms with Crippen LogP contribution in [0.2, 0.25) is 12.8 Å². The summed E-state index contributed by atoms with van der Waals surface area (Å²) < 4.78 is 3.30. The van der Waals surface area contributed by atoms with E-state index in [1.54, 1.807) is 0 Å². The van der Waals surface area contributed by atoms with Gasteiger partial charge < -0.3 is 0 Å². The van der Waals surface area contributed by atoms with Crippen molar-refractivity contribution in [2.24, 2.45) is 0 Å². The van der Waals surface area contributed by atoms with Crippen molar-refractivity contribution in [1.82, 2.24) is 0 Å². The van der Waals surface area contributed by atoms with Crippen molar-refractivity contribution in [2.45, 2.75) is 59.3 Å². The molecule has 84 valence electrons. The van der Waals surface area contributed by atoms with Gasteiger partial charge in [0, 0.05) is 0 Å². The molecule has 2 heteroatoms. The van der Waals surface area contributed by atoms with E-state index in [4.69, 9.17) is 8.92 Å². The molecule has 0 N–H and O–H groups in total. The molecule has 0 fully saturated rings. The van der Waals surface area contributed by atoms with Gasteiger partial charge in [-0.2, -0.15) is 0 Å². The number of halogens is 1. The van der Waals surface area contributed by atoms with Crippen LogP contribution in [0, 0.1) is 0 Å². The minimum absolute atomic E-state index is 0.629. The second-order valence-electron chi connectivity index (χ2n) is 4.27. The molecule has 0 aliphatic carbocycles. The van der Waals surface area contributed by atoms with Crippen molar-refractivity contribution in [2.75, 3.05) is 0 Å². The third-order valence-electron chi connectivity index (χ3n) is 3.06. The average molecular weight is 323 g/mol. The number of rotatable bonds is 8. The fourth-order valence-electron chi connectivity index (χ4n) is 1.73. The first-order chi connectivity index (χ1) is 6.60. The summed E-state index contributed by atoms with van der Waals surface area (Å²) in [5.74, 6) is 0. The Labute approximate surface area is 97.7 Å². The van der Waals surface area contributed by atoms with Crippen LogP contribution >= 0.6 is 8.92 Å². The van der Waals surface area contributed by atoms with Crippen LogP contribution in [-0.4, -0.2) is 17.3 Å². The summed E-state index contributed by atoms with van der Waals surface area (Å²) in [4.78, 5) is 0. The standard InChI is InChI=1S/2C4H9.C4H7.ClH.Sn/c3*1-3-4-2;;/h2*1,3-4H2,2H3;3-4H,1H2,2H3;1H;/q;;;;+1/p-1. The molecule has 0 heterocycles. The zero-order valence-corrected chi connectivity index (χ0v) is 13.6. The Morgan fingerprint density at radius 3 is 1.93 bits per heavy atom. The SMILES string of the molecule is C=C[CH](C)[Sn]([Cl])([CH2]CCC)[CH2]CCC. The molecule has 0 nitrogen and oxygen atoms in total. The fraction of sp³-hybridized carbons (Fsp3) is 0.833. The number of hydrogen-bond donors (Lipinski definition) is 0. The first kappa shape index (κ1) is 14.8. The van der Waals surface area contributed by atoms with E-state index in [0.29, 0.717) is 3.93 Å². The van der Waals surface area contributed by atoms with Crippen LogP contribution in [0.4, 0.5) is 0 Å². The molecule has 0 rings (SSSR count). The second-order valence-corrected chi connectivity index (χ2v) is 20.7. The van der Waals surface area contributed by atoms with Crippen LogP contribution in [-0.2, 0) is 0 Å². The summed E-state index contributed by atoms with van der Waals surface area (Å²) in [5, 5.41) is 0. The second kappa shape index (κ2) is 8.04. The summed E-state index contributed by atoms with van der Waals surface area (Å²) in [6.07, 6.45) is 7.29. The van der Waals surface area contributed by atoms with Crippen molar-refractivity contribution in [1.29, 1.82) is 0 Å². The quantitative estimate of drug-likeness (QED) is 0.417. The molecule has 0 aliphatic rings. The van der Waals surface area contributed by atoms with Crippen molar-refractivity contribution < 1.29 is 0 Å². The number of unbranched alkanes of at least 4 members (excludes halogenated alkanes) is 2. The van der Waals surface area contributed by atoms with E-state index in [9.17, 15) is 0 Å². The van der Waals surface area contributed by atoms with Gasteiger partial charge in [0.25, 0.3) is 0 Å². The van der Waals surface area contributed by atoms with Crippen LogP contribution in [0.5, 0.6) is 0 Å². The van der Waals surface area contributed by atoms with Gasteiger partial charge >= 0.3 is 98.1 Å². The third-order valence-corrected chi connectivity index (χ3v) is 20.0. The zero-order valence-electron chi connectivity index (χ0n) is 9.98. The first-order valence-corrected chi connectivity index (χ1v) is 15.2. The van der Waals surface area contributed by atoms with Gasteiger partial charge in [0.2, 0.25) is 0 Å². The van der Waals surface area contributed by atoms with Crippen LogP contribution in [0.1, 0.15) is 46.5 Å². The Kier molecular flexibility index (Phi) is 8.51. The predicted molar refractivity (Wildman–Crippen MR) is 70.7 cm³/mol. The van der Waals surface area contributed by atoms with E-state index in [-0.39, 0.29) is 0 Å². The van der Waals surface area contributed by atoms with Crippen LogP contribution < -0.4 is 0 Å². The number of hydrogen-bond acceptors (Lipinski definition) is 0. The molecule has 0 bridgehead atoms. The van der Waals surface area contributed by atoms with Crippen LogP contribution in [0.3, 0.4) is 0 Å². The molecule has 0 aliphatic heterocycles. The van der Waals surface area contributed by atoms with Crippen LogP contribution in [0.25, 0.3) is 0 Å². The molecule has 1 atom stereocenters. The van der Waals surface area contributed by atoms with Crippen molar-refractivity contribution >= 4 is 26.2 Å². The maximum absolute atomic E-state index is 6.89. The van der Waals surface area contributed by atoms with Crippen LogP contribution in [0.15, 0.2) is 12.7 Å². The Morgan fingerprint density at radius 2 is 1.64 bits per heavy atom. The van der Waals surface area contributed by atoms with Gasteiger partial charge in [0.1, 0.15) is 0 Å². The summed E-state index contributed by atoms with van der Waals surface area (Å²) in [6.45, 7) is 10.7. The summed E-state index contributed by atoms with van der Waals surface area (Å²) in [5.41, 5.74) is 0. The Hall–Kier alpha value is 0.829. The Morgan fingerprint density at radius 1 is 1.21 bits per heavy atom. The Bertz CT molecular complexity index is 148. The molecule has 1 unspecified atom stereocenters. The van der Waals surface area contributed by atoms with E-state index in [1.165, 1.54) is 34.6 Å². The normalized spacial score (nSPS) is 14.0. The van der Waals surface area contributed by atoms with E-state index in [2.05, 4.69) is 33.4 Å². The monoisotopic (exact) mass is 324 g/mol. The van der Waals surface area contributed by atoms with Gasteiger partial charge in [-0.3, -0.25) is 0 Å². The van der Waals surface area contributed by atoms with Crippen molar-refractivity contribution in [3.8, 4) is 0 Å². The molecule has 0 amide bonds. The van der Waals surface area contributed by atoms with Gasteiger partial charge in [-0.15, -0.1) is 0 Å². The maximum atomic E-state index is 6.89. The molecule has 0 aromatic rings. The molecule has 0 spiro atoms. The average Bonchev–Trinajstić information content (AvgIpc) is 2.22. The van der Waals surface area contributed by atoms with Gasteiger partial charge in [-0.05, 0) is 0 Å². The van der Waals surface area contributed by atoms with Gasteiger partial charge in [-0.1, -0.05) is 0 Å². The summed E-state index contributed by atoms with van der Waals surface area (Å²) in [7, 11) is 6.89. The predicted octanol–water partition coefficient (Wildman–Crippen LogP) is 5.35. The van der Waals surface area contributed by atoms with Crippen molar-refractivity contribution in [3.05, 3.63) is 12.7 Å². The molecule has 0 radical (unpaired) electrons. The molecular weight excluding hydrogens is 298 g/mol. The molecular formula is C12H25ClSn. The van der Waals surface area contributed by atoms with Gasteiger partial charge in [-0.25, -0.2) is 0 Å². The Balaban J connectivity index is 4.23. The fourth-order valence-corrected chi connectivity index (χ4v) is 14.0. The first-order valence-electron chi connectivity index (χ1n) is 5.92. The van der Waals surface area contributed by atoms with Gasteiger partial charge in [0.15, 0.2) is 0 Å². The van der Waals surface area contributed by atoms with E-state index in [0.717, 1.165) is 0 Å². The van der Waals surface area contributed by atoms with E-state index >= 15 is 0 Å². The van der Waals surface area contributed by atoms with Crippen molar-refractivity contribution in [3.63, 3.8) is 0 Å². The zero-order chi connectivity index (χ0) is 11.0. The minimum atomic E-state index is -2.31. The van der Waals surface area contributed by atoms with Gasteiger partial charge in [0.05, 0.1) is 0 Å².